The third-order valence-corrected chi connectivity index (χ3v) is 4.59. The second-order valence-corrected chi connectivity index (χ2v) is 6.22. The summed E-state index contributed by atoms with van der Waals surface area (Å²) in [6.07, 6.45) is -2.58. The Morgan fingerprint density at radius 1 is 1.52 bits per heavy atom. The van der Waals surface area contributed by atoms with Crippen LogP contribution in [0.15, 0.2) is 5.38 Å². The van der Waals surface area contributed by atoms with E-state index in [9.17, 15) is 22.8 Å². The Labute approximate surface area is 135 Å². The van der Waals surface area contributed by atoms with Crippen molar-refractivity contribution in [2.75, 3.05) is 13.1 Å². The monoisotopic (exact) mass is 349 g/mol. The van der Waals surface area contributed by atoms with Gasteiger partial charge in [-0.25, -0.2) is 4.98 Å². The Bertz CT molecular complexity index is 574. The van der Waals surface area contributed by atoms with Gasteiger partial charge in [-0.2, -0.15) is 13.2 Å². The molecular weight excluding hydrogens is 331 g/mol. The zero-order valence-electron chi connectivity index (χ0n) is 12.7. The predicted octanol–water partition coefficient (Wildman–Crippen LogP) is 2.74. The number of nitrogens with one attached hydrogen (secondary N) is 1. The summed E-state index contributed by atoms with van der Waals surface area (Å²) in [4.78, 5) is 28.6. The van der Waals surface area contributed by atoms with Gasteiger partial charge in [-0.3, -0.25) is 9.59 Å². The highest BCUT2D eigenvalue weighted by Crippen LogP contribution is 2.32. The van der Waals surface area contributed by atoms with Gasteiger partial charge in [-0.05, 0) is 12.8 Å². The second kappa shape index (κ2) is 7.29. The lowest BCUT2D eigenvalue weighted by molar-refractivity contribution is -0.140. The van der Waals surface area contributed by atoms with E-state index in [1.54, 1.807) is 11.8 Å². The van der Waals surface area contributed by atoms with E-state index >= 15 is 0 Å². The van der Waals surface area contributed by atoms with Gasteiger partial charge < -0.3 is 10.2 Å². The summed E-state index contributed by atoms with van der Waals surface area (Å²) in [5.41, 5.74) is -0.937. The van der Waals surface area contributed by atoms with Gasteiger partial charge in [-0.15, -0.1) is 11.3 Å². The average molecular weight is 349 g/mol. The van der Waals surface area contributed by atoms with Crippen LogP contribution in [0.4, 0.5) is 13.2 Å². The van der Waals surface area contributed by atoms with Gasteiger partial charge in [0.05, 0.1) is 6.04 Å². The van der Waals surface area contributed by atoms with Crippen molar-refractivity contribution in [3.05, 3.63) is 16.1 Å². The van der Waals surface area contributed by atoms with Crippen molar-refractivity contribution in [2.24, 2.45) is 0 Å². The molecule has 23 heavy (non-hydrogen) atoms. The number of hydrogen-bond acceptors (Lipinski definition) is 4. The molecule has 1 aromatic rings. The van der Waals surface area contributed by atoms with Gasteiger partial charge in [0.1, 0.15) is 5.01 Å². The van der Waals surface area contributed by atoms with E-state index < -0.39 is 17.9 Å². The first kappa shape index (κ1) is 17.7. The van der Waals surface area contributed by atoms with Crippen molar-refractivity contribution < 1.29 is 22.8 Å². The van der Waals surface area contributed by atoms with E-state index in [0.29, 0.717) is 25.9 Å². The zero-order valence-corrected chi connectivity index (χ0v) is 13.5. The van der Waals surface area contributed by atoms with Gasteiger partial charge >= 0.3 is 6.18 Å². The van der Waals surface area contributed by atoms with Crippen LogP contribution in [0.3, 0.4) is 0 Å². The van der Waals surface area contributed by atoms with Gasteiger partial charge in [-0.1, -0.05) is 6.92 Å². The Kier molecular flexibility index (Phi) is 5.61. The first-order chi connectivity index (χ1) is 10.8. The minimum Gasteiger partial charge on any atom is -0.347 e. The average Bonchev–Trinajstić information content (AvgIpc) is 3.11. The van der Waals surface area contributed by atoms with Crippen LogP contribution >= 0.6 is 11.3 Å². The maximum atomic E-state index is 12.6. The molecule has 1 N–H and O–H groups in total. The SMILES string of the molecule is CCC(NC(=O)CCN1CCCC1=O)c1nc(C(F)(F)F)cs1. The minimum atomic E-state index is -4.48. The van der Waals surface area contributed by atoms with Crippen LogP contribution in [0.25, 0.3) is 0 Å². The topological polar surface area (TPSA) is 62.3 Å². The van der Waals surface area contributed by atoms with E-state index in [-0.39, 0.29) is 23.2 Å². The maximum absolute atomic E-state index is 12.6. The molecule has 1 aliphatic heterocycles. The van der Waals surface area contributed by atoms with E-state index in [4.69, 9.17) is 0 Å². The number of amides is 2. The first-order valence-corrected chi connectivity index (χ1v) is 8.29. The van der Waals surface area contributed by atoms with Crippen LogP contribution in [0, 0.1) is 0 Å². The molecule has 1 saturated heterocycles. The number of carbonyl (C=O) groups is 2. The highest BCUT2D eigenvalue weighted by molar-refractivity contribution is 7.09. The molecule has 1 fully saturated rings. The molecule has 0 radical (unpaired) electrons. The van der Waals surface area contributed by atoms with Crippen molar-refractivity contribution in [3.63, 3.8) is 0 Å². The molecule has 0 saturated carbocycles. The molecule has 1 aromatic heterocycles. The number of hydrogen-bond donors (Lipinski definition) is 1. The molecular formula is C14H18F3N3O2S. The van der Waals surface area contributed by atoms with Crippen LogP contribution in [-0.2, 0) is 15.8 Å². The number of nitrogens with zero attached hydrogens (tertiary/aromatic N) is 2. The molecule has 1 atom stereocenters. The fourth-order valence-corrected chi connectivity index (χ4v) is 3.32. The normalized spacial score (nSPS) is 16.7. The predicted molar refractivity (Wildman–Crippen MR) is 78.7 cm³/mol. The lowest BCUT2D eigenvalue weighted by atomic mass is 10.2. The number of thiazole rings is 1. The quantitative estimate of drug-likeness (QED) is 0.859. The molecule has 1 aliphatic rings. The molecule has 5 nitrogen and oxygen atoms in total. The van der Waals surface area contributed by atoms with E-state index in [2.05, 4.69) is 10.3 Å². The zero-order chi connectivity index (χ0) is 17.0. The van der Waals surface area contributed by atoms with E-state index in [1.807, 2.05) is 0 Å². The van der Waals surface area contributed by atoms with Crippen LogP contribution in [0.5, 0.6) is 0 Å². The summed E-state index contributed by atoms with van der Waals surface area (Å²) in [5, 5.41) is 3.88. The van der Waals surface area contributed by atoms with Crippen molar-refractivity contribution in [1.82, 2.24) is 15.2 Å². The number of halogens is 3. The summed E-state index contributed by atoms with van der Waals surface area (Å²) in [6.45, 7) is 2.76. The van der Waals surface area contributed by atoms with Crippen molar-refractivity contribution in [2.45, 2.75) is 44.8 Å². The summed E-state index contributed by atoms with van der Waals surface area (Å²) in [6, 6.07) is -0.544. The molecule has 0 aromatic carbocycles. The highest BCUT2D eigenvalue weighted by atomic mass is 32.1. The molecule has 0 bridgehead atoms. The molecule has 0 aliphatic carbocycles. The molecule has 9 heteroatoms. The fraction of sp³-hybridized carbons (Fsp3) is 0.643. The third kappa shape index (κ3) is 4.66. The Morgan fingerprint density at radius 2 is 2.26 bits per heavy atom. The van der Waals surface area contributed by atoms with Crippen molar-refractivity contribution in [1.29, 1.82) is 0 Å². The molecule has 1 unspecified atom stereocenters. The lowest BCUT2D eigenvalue weighted by Crippen LogP contribution is -2.33. The van der Waals surface area contributed by atoms with Crippen LogP contribution < -0.4 is 5.32 Å². The Hall–Kier alpha value is -1.64. The number of rotatable bonds is 6. The maximum Gasteiger partial charge on any atom is 0.434 e. The summed E-state index contributed by atoms with van der Waals surface area (Å²) in [5.74, 6) is -0.250. The molecule has 2 heterocycles. The molecule has 0 spiro atoms. The van der Waals surface area contributed by atoms with Gasteiger partial charge in [0, 0.05) is 31.3 Å². The second-order valence-electron chi connectivity index (χ2n) is 5.33. The van der Waals surface area contributed by atoms with Crippen LogP contribution in [-0.4, -0.2) is 34.8 Å². The van der Waals surface area contributed by atoms with Crippen molar-refractivity contribution >= 4 is 23.2 Å². The van der Waals surface area contributed by atoms with Gasteiger partial charge in [0.25, 0.3) is 0 Å². The number of aromatic nitrogens is 1. The number of alkyl halides is 3. The third-order valence-electron chi connectivity index (χ3n) is 3.63. The molecule has 2 amide bonds. The van der Waals surface area contributed by atoms with Crippen molar-refractivity contribution in [3.8, 4) is 0 Å². The summed E-state index contributed by atoms with van der Waals surface area (Å²) in [7, 11) is 0. The number of likely N-dealkylation sites (tertiary alicyclic amines) is 1. The summed E-state index contributed by atoms with van der Waals surface area (Å²) >= 11 is 0.885. The van der Waals surface area contributed by atoms with Gasteiger partial charge in [0.2, 0.25) is 11.8 Å². The minimum absolute atomic E-state index is 0.0413. The van der Waals surface area contributed by atoms with Crippen LogP contribution in [0.1, 0.15) is 49.4 Å². The Morgan fingerprint density at radius 3 is 2.78 bits per heavy atom. The van der Waals surface area contributed by atoms with E-state index in [1.165, 1.54) is 0 Å². The van der Waals surface area contributed by atoms with E-state index in [0.717, 1.165) is 23.1 Å². The van der Waals surface area contributed by atoms with Gasteiger partial charge in [0.15, 0.2) is 5.69 Å². The summed E-state index contributed by atoms with van der Waals surface area (Å²) < 4.78 is 37.7. The first-order valence-electron chi connectivity index (χ1n) is 7.41. The van der Waals surface area contributed by atoms with Crippen LogP contribution in [0.2, 0.25) is 0 Å². The number of carbonyl (C=O) groups excluding carboxylic acids is 2. The largest absolute Gasteiger partial charge is 0.434 e. The fourth-order valence-electron chi connectivity index (χ4n) is 2.36. The Balaban J connectivity index is 1.89. The standard InChI is InChI=1S/C14H18F3N3O2S/c1-2-9(13-19-10(8-23-13)14(15,16)17)18-11(21)5-7-20-6-3-4-12(20)22/h8-9H,2-7H2,1H3,(H,18,21). The molecule has 2 rings (SSSR count). The smallest absolute Gasteiger partial charge is 0.347 e. The lowest BCUT2D eigenvalue weighted by Gasteiger charge is -2.17. The molecule has 128 valence electrons. The highest BCUT2D eigenvalue weighted by Gasteiger charge is 2.34.